The van der Waals surface area contributed by atoms with Gasteiger partial charge in [0.1, 0.15) is 5.75 Å². The van der Waals surface area contributed by atoms with Gasteiger partial charge in [-0.2, -0.15) is 0 Å². The topological polar surface area (TPSA) is 47.3 Å². The summed E-state index contributed by atoms with van der Waals surface area (Å²) in [6, 6.07) is 11.5. The van der Waals surface area contributed by atoms with E-state index in [0.717, 1.165) is 25.8 Å². The Labute approximate surface area is 146 Å². The molecule has 0 heterocycles. The van der Waals surface area contributed by atoms with Gasteiger partial charge in [0.05, 0.1) is 13.2 Å². The Balaban J connectivity index is 2.33. The van der Waals surface area contributed by atoms with E-state index in [1.54, 1.807) is 7.11 Å². The highest BCUT2D eigenvalue weighted by Crippen LogP contribution is 2.31. The predicted octanol–water partition coefficient (Wildman–Crippen LogP) is 4.62. The first kappa shape index (κ1) is 16.8. The maximum absolute atomic E-state index is 5.99. The van der Waals surface area contributed by atoms with Crippen LogP contribution in [0.5, 0.6) is 5.75 Å². The summed E-state index contributed by atoms with van der Waals surface area (Å²) in [5.74, 6) is 6.57. The van der Waals surface area contributed by atoms with Crippen molar-refractivity contribution in [2.45, 2.75) is 12.5 Å². The zero-order valence-electron chi connectivity index (χ0n) is 11.4. The zero-order chi connectivity index (χ0) is 15.4. The predicted molar refractivity (Wildman–Crippen MR) is 93.6 cm³/mol. The molecule has 0 radical (unpaired) electrons. The van der Waals surface area contributed by atoms with Crippen LogP contribution in [0.3, 0.4) is 0 Å². The summed E-state index contributed by atoms with van der Waals surface area (Å²) in [6.07, 6.45) is 0.694. The summed E-state index contributed by atoms with van der Waals surface area (Å²) in [5, 5.41) is 0.682. The van der Waals surface area contributed by atoms with E-state index < -0.39 is 0 Å². The zero-order valence-corrected chi connectivity index (χ0v) is 15.3. The van der Waals surface area contributed by atoms with Gasteiger partial charge in [0.25, 0.3) is 0 Å². The van der Waals surface area contributed by atoms with Crippen LogP contribution in [0.15, 0.2) is 45.3 Å². The van der Waals surface area contributed by atoms with E-state index in [9.17, 15) is 0 Å². The summed E-state index contributed by atoms with van der Waals surface area (Å²) in [7, 11) is 1.66. The minimum Gasteiger partial charge on any atom is -0.496 e. The lowest BCUT2D eigenvalue weighted by Crippen LogP contribution is -2.30. The average Bonchev–Trinajstić information content (AvgIpc) is 2.45. The highest BCUT2D eigenvalue weighted by atomic mass is 79.9. The van der Waals surface area contributed by atoms with Crippen LogP contribution in [0.4, 0.5) is 0 Å². The first-order chi connectivity index (χ1) is 10.0. The average molecular weight is 435 g/mol. The van der Waals surface area contributed by atoms with Gasteiger partial charge < -0.3 is 4.74 Å². The lowest BCUT2D eigenvalue weighted by atomic mass is 9.99. The maximum atomic E-state index is 5.99. The van der Waals surface area contributed by atoms with E-state index in [1.165, 1.54) is 0 Å². The van der Waals surface area contributed by atoms with Crippen molar-refractivity contribution >= 4 is 43.5 Å². The van der Waals surface area contributed by atoms with Gasteiger partial charge in [0.2, 0.25) is 0 Å². The highest BCUT2D eigenvalue weighted by molar-refractivity contribution is 9.10. The first-order valence-electron chi connectivity index (χ1n) is 6.28. The molecule has 21 heavy (non-hydrogen) atoms. The minimum atomic E-state index is -0.0557. The summed E-state index contributed by atoms with van der Waals surface area (Å²) in [5.41, 5.74) is 4.97. The highest BCUT2D eigenvalue weighted by Gasteiger charge is 2.16. The molecular formula is C15H15Br2ClN2O. The summed E-state index contributed by atoms with van der Waals surface area (Å²) < 4.78 is 7.34. The van der Waals surface area contributed by atoms with Gasteiger partial charge in [-0.1, -0.05) is 49.5 Å². The Morgan fingerprint density at radius 2 is 2.00 bits per heavy atom. The maximum Gasteiger partial charge on any atom is 0.122 e. The largest absolute Gasteiger partial charge is 0.496 e. The SMILES string of the molecule is COc1ccc(Br)cc1CC(NN)c1ccc(Cl)cc1Br. The third kappa shape index (κ3) is 4.20. The molecule has 3 nitrogen and oxygen atoms in total. The van der Waals surface area contributed by atoms with E-state index in [2.05, 4.69) is 37.3 Å². The molecule has 2 rings (SSSR count). The number of hydrogen-bond acceptors (Lipinski definition) is 3. The number of ether oxygens (including phenoxy) is 1. The number of hydrazine groups is 1. The van der Waals surface area contributed by atoms with Crippen LogP contribution in [-0.2, 0) is 6.42 Å². The molecule has 0 fully saturated rings. The van der Waals surface area contributed by atoms with E-state index in [0.29, 0.717) is 11.4 Å². The molecule has 0 amide bonds. The molecule has 2 aromatic carbocycles. The summed E-state index contributed by atoms with van der Waals surface area (Å²) in [6.45, 7) is 0. The van der Waals surface area contributed by atoms with Crippen molar-refractivity contribution in [1.29, 1.82) is 0 Å². The molecule has 1 unspecified atom stereocenters. The lowest BCUT2D eigenvalue weighted by Gasteiger charge is -2.19. The van der Waals surface area contributed by atoms with Gasteiger partial charge in [0, 0.05) is 14.0 Å². The quantitative estimate of drug-likeness (QED) is 0.533. The molecule has 1 atom stereocenters. The summed E-state index contributed by atoms with van der Waals surface area (Å²) in [4.78, 5) is 0. The van der Waals surface area contributed by atoms with Crippen molar-refractivity contribution in [3.8, 4) is 5.75 Å². The molecule has 112 valence electrons. The molecule has 2 aromatic rings. The van der Waals surface area contributed by atoms with Crippen LogP contribution in [-0.4, -0.2) is 7.11 Å². The third-order valence-electron chi connectivity index (χ3n) is 3.21. The van der Waals surface area contributed by atoms with Crippen LogP contribution >= 0.6 is 43.5 Å². The Bertz CT molecular complexity index is 637. The summed E-state index contributed by atoms with van der Waals surface area (Å²) >= 11 is 13.0. The van der Waals surface area contributed by atoms with Gasteiger partial charge in [-0.05, 0) is 47.9 Å². The fourth-order valence-electron chi connectivity index (χ4n) is 2.17. The van der Waals surface area contributed by atoms with E-state index in [-0.39, 0.29) is 6.04 Å². The van der Waals surface area contributed by atoms with Crippen LogP contribution in [0.25, 0.3) is 0 Å². The van der Waals surface area contributed by atoms with Gasteiger partial charge in [0.15, 0.2) is 0 Å². The molecule has 0 aliphatic heterocycles. The minimum absolute atomic E-state index is 0.0557. The van der Waals surface area contributed by atoms with E-state index in [1.807, 2.05) is 36.4 Å². The number of rotatable bonds is 5. The molecule has 0 aliphatic carbocycles. The van der Waals surface area contributed by atoms with Gasteiger partial charge in [-0.3, -0.25) is 11.3 Å². The Morgan fingerprint density at radius 1 is 1.24 bits per heavy atom. The molecule has 0 spiro atoms. The van der Waals surface area contributed by atoms with E-state index >= 15 is 0 Å². The number of methoxy groups -OCH3 is 1. The Morgan fingerprint density at radius 3 is 2.62 bits per heavy atom. The monoisotopic (exact) mass is 432 g/mol. The number of halogens is 3. The van der Waals surface area contributed by atoms with Crippen molar-refractivity contribution in [2.75, 3.05) is 7.11 Å². The number of benzene rings is 2. The fourth-order valence-corrected chi connectivity index (χ4v) is 3.54. The van der Waals surface area contributed by atoms with Crippen molar-refractivity contribution in [3.05, 3.63) is 61.5 Å². The van der Waals surface area contributed by atoms with Crippen molar-refractivity contribution in [1.82, 2.24) is 5.43 Å². The van der Waals surface area contributed by atoms with Crippen LogP contribution < -0.4 is 16.0 Å². The van der Waals surface area contributed by atoms with Gasteiger partial charge >= 0.3 is 0 Å². The molecule has 0 aliphatic rings. The molecule has 0 saturated heterocycles. The van der Waals surface area contributed by atoms with Crippen LogP contribution in [0.1, 0.15) is 17.2 Å². The second kappa shape index (κ2) is 7.61. The standard InChI is InChI=1S/C15H15Br2ClN2O/c1-21-15-5-2-10(16)6-9(15)7-14(20-19)12-4-3-11(18)8-13(12)17/h2-6,8,14,20H,7,19H2,1H3. The number of nitrogens with one attached hydrogen (secondary N) is 1. The molecular weight excluding hydrogens is 419 g/mol. The lowest BCUT2D eigenvalue weighted by molar-refractivity contribution is 0.405. The Kier molecular flexibility index (Phi) is 6.08. The normalized spacial score (nSPS) is 12.2. The Hall–Kier alpha value is -0.590. The second-order valence-electron chi connectivity index (χ2n) is 4.55. The third-order valence-corrected chi connectivity index (χ3v) is 4.62. The van der Waals surface area contributed by atoms with Crippen molar-refractivity contribution in [2.24, 2.45) is 5.84 Å². The fraction of sp³-hybridized carbons (Fsp3) is 0.200. The van der Waals surface area contributed by atoms with Crippen LogP contribution in [0.2, 0.25) is 5.02 Å². The first-order valence-corrected chi connectivity index (χ1v) is 8.25. The number of hydrogen-bond donors (Lipinski definition) is 2. The van der Waals surface area contributed by atoms with Crippen molar-refractivity contribution < 1.29 is 4.74 Å². The van der Waals surface area contributed by atoms with Gasteiger partial charge in [-0.25, -0.2) is 0 Å². The number of nitrogens with two attached hydrogens (primary N) is 1. The van der Waals surface area contributed by atoms with Gasteiger partial charge in [-0.15, -0.1) is 0 Å². The second-order valence-corrected chi connectivity index (χ2v) is 6.75. The molecule has 0 aromatic heterocycles. The molecule has 0 bridgehead atoms. The molecule has 0 saturated carbocycles. The molecule has 3 N–H and O–H groups in total. The molecule has 6 heteroatoms. The van der Waals surface area contributed by atoms with Crippen LogP contribution in [0, 0.1) is 0 Å². The van der Waals surface area contributed by atoms with E-state index in [4.69, 9.17) is 22.2 Å². The van der Waals surface area contributed by atoms with Crippen molar-refractivity contribution in [3.63, 3.8) is 0 Å². The smallest absolute Gasteiger partial charge is 0.122 e.